The number of rotatable bonds is 9. The summed E-state index contributed by atoms with van der Waals surface area (Å²) in [6.07, 6.45) is 21.1. The molecule has 2 saturated carbocycles. The molecule has 0 nitrogen and oxygen atoms in total. The molecule has 0 radical (unpaired) electrons. The molecule has 2 atom stereocenters. The summed E-state index contributed by atoms with van der Waals surface area (Å²) < 4.78 is 0.258. The first-order valence-corrected chi connectivity index (χ1v) is 38.5. The van der Waals surface area contributed by atoms with Crippen LogP contribution in [0.4, 0.5) is 0 Å². The third-order valence-electron chi connectivity index (χ3n) is 14.8. The van der Waals surface area contributed by atoms with Gasteiger partial charge in [0, 0.05) is 0 Å². The van der Waals surface area contributed by atoms with E-state index in [1.165, 1.54) is 142 Å². The summed E-state index contributed by atoms with van der Waals surface area (Å²) in [7, 11) is 18.4. The van der Waals surface area contributed by atoms with Crippen LogP contribution in [0.3, 0.4) is 0 Å². The summed E-state index contributed by atoms with van der Waals surface area (Å²) in [5, 5.41) is 0. The van der Waals surface area contributed by atoms with Crippen molar-refractivity contribution in [2.75, 3.05) is 0 Å². The van der Waals surface area contributed by atoms with E-state index >= 15 is 0 Å². The van der Waals surface area contributed by atoms with E-state index in [0.29, 0.717) is 11.8 Å². The fourth-order valence-electron chi connectivity index (χ4n) is 12.1. The molecular formula is C52H65Cl2SiZr. The Morgan fingerprint density at radius 1 is 0.518 bits per heavy atom. The van der Waals surface area contributed by atoms with Gasteiger partial charge in [-0.2, -0.15) is 0 Å². The van der Waals surface area contributed by atoms with E-state index in [1.807, 2.05) is 0 Å². The maximum absolute atomic E-state index is 9.22. The summed E-state index contributed by atoms with van der Waals surface area (Å²) >= 11 is -5.06. The standard InChI is InChI=1S/2C25H29.C2H7Si.2ClH.Zr/c2*1-17-11-18(2)13-22(12-17)23-10-9-19(3)24-15-21(16-25(23)24)14-20-7-5-4-6-8-20;1-3-2;;;/h2*9-13,15-16,20H,4-8,14H2,1-3H3;3H,1-2H3;2*1H;/q;;;;;+2/p-2. The van der Waals surface area contributed by atoms with Crippen LogP contribution in [0.2, 0.25) is 13.1 Å². The number of halogens is 2. The molecule has 4 aliphatic carbocycles. The fourth-order valence-corrected chi connectivity index (χ4v) is 43.6. The van der Waals surface area contributed by atoms with Gasteiger partial charge in [-0.3, -0.25) is 0 Å². The summed E-state index contributed by atoms with van der Waals surface area (Å²) in [5.41, 5.74) is 22.4. The summed E-state index contributed by atoms with van der Waals surface area (Å²) in [4.78, 5) is 0. The molecule has 4 heteroatoms. The van der Waals surface area contributed by atoms with Crippen LogP contribution in [-0.4, -0.2) is 5.92 Å². The van der Waals surface area contributed by atoms with Gasteiger partial charge in [0.15, 0.2) is 0 Å². The molecule has 4 aromatic rings. The van der Waals surface area contributed by atoms with E-state index in [0.717, 1.165) is 12.8 Å². The Morgan fingerprint density at radius 3 is 1.21 bits per heavy atom. The Balaban J connectivity index is 1.39. The molecule has 0 bridgehead atoms. The Labute approximate surface area is 348 Å². The molecule has 56 heavy (non-hydrogen) atoms. The first kappa shape index (κ1) is 40.8. The fraction of sp³-hybridized carbons (Fsp3) is 0.462. The van der Waals surface area contributed by atoms with Crippen molar-refractivity contribution < 1.29 is 15.6 Å². The minimum atomic E-state index is -5.06. The molecule has 0 aliphatic heterocycles. The van der Waals surface area contributed by atoms with E-state index in [1.54, 1.807) is 11.1 Å². The van der Waals surface area contributed by atoms with E-state index in [2.05, 4.69) is 127 Å². The van der Waals surface area contributed by atoms with Crippen LogP contribution in [0.25, 0.3) is 34.4 Å². The van der Waals surface area contributed by atoms with Gasteiger partial charge in [0.05, 0.1) is 0 Å². The van der Waals surface area contributed by atoms with Gasteiger partial charge in [-0.05, 0) is 0 Å². The predicted octanol–water partition coefficient (Wildman–Crippen LogP) is 16.4. The van der Waals surface area contributed by atoms with Crippen LogP contribution in [0.15, 0.2) is 71.8 Å². The molecule has 4 aliphatic rings. The molecule has 0 aromatic heterocycles. The number of fused-ring (bicyclic) bond motifs is 2. The van der Waals surface area contributed by atoms with Gasteiger partial charge in [0.2, 0.25) is 0 Å². The van der Waals surface area contributed by atoms with E-state index < -0.39 is 21.5 Å². The number of hydrogen-bond donors (Lipinski definition) is 0. The third kappa shape index (κ3) is 7.33. The number of hydrogen-bond acceptors (Lipinski definition) is 0. The molecule has 0 spiro atoms. The van der Waals surface area contributed by atoms with Gasteiger partial charge >= 0.3 is 351 Å². The Bertz CT molecular complexity index is 2040. The SMILES string of the molecule is Cc1cc(C)cc(-c2ccc(C)c3c2C=C(CC2CCCCC2)[CH]3[Zr]([Cl])([Cl])([CH]2C(CC3CCCCC3)=Cc3c(-c4cc(C)cc(C)c4)ccc(C)c32)[SiH](C)C)c1. The van der Waals surface area contributed by atoms with Gasteiger partial charge in [-0.1, -0.05) is 0 Å². The average molecular weight is 880 g/mol. The topological polar surface area (TPSA) is 0 Å². The van der Waals surface area contributed by atoms with Crippen molar-refractivity contribution in [3.05, 3.63) is 127 Å². The van der Waals surface area contributed by atoms with Crippen LogP contribution in [0.5, 0.6) is 0 Å². The van der Waals surface area contributed by atoms with Gasteiger partial charge in [0.1, 0.15) is 0 Å². The second kappa shape index (κ2) is 15.9. The molecule has 0 N–H and O–H groups in total. The zero-order valence-electron chi connectivity index (χ0n) is 35.6. The van der Waals surface area contributed by atoms with E-state index in [-0.39, 0.29) is 7.25 Å². The van der Waals surface area contributed by atoms with Crippen molar-refractivity contribution in [2.45, 2.75) is 139 Å². The zero-order chi connectivity index (χ0) is 39.5. The van der Waals surface area contributed by atoms with Crippen molar-refractivity contribution in [2.24, 2.45) is 11.8 Å². The Kier molecular flexibility index (Phi) is 11.6. The number of aryl methyl sites for hydroxylation is 6. The summed E-state index contributed by atoms with van der Waals surface area (Å²) in [6.45, 7) is 18.8. The van der Waals surface area contributed by atoms with Gasteiger partial charge in [-0.15, -0.1) is 0 Å². The molecule has 4 aromatic carbocycles. The quantitative estimate of drug-likeness (QED) is 0.147. The molecule has 2 fully saturated rings. The molecule has 0 amide bonds. The second-order valence-electron chi connectivity index (χ2n) is 19.4. The third-order valence-corrected chi connectivity index (χ3v) is 66.5. The van der Waals surface area contributed by atoms with Crippen molar-refractivity contribution >= 4 is 35.1 Å². The minimum absolute atomic E-state index is 0.129. The number of benzene rings is 4. The Hall–Kier alpha value is -1.96. The van der Waals surface area contributed by atoms with Crippen molar-refractivity contribution in [3.63, 3.8) is 0 Å². The van der Waals surface area contributed by atoms with Gasteiger partial charge in [0.25, 0.3) is 0 Å². The molecule has 8 rings (SSSR count). The summed E-state index contributed by atoms with van der Waals surface area (Å²) in [6, 6.07) is 23.8. The molecule has 295 valence electrons. The molecule has 0 saturated heterocycles. The molecule has 0 heterocycles. The number of allylic oxidation sites excluding steroid dienone is 2. The monoisotopic (exact) mass is 877 g/mol. The van der Waals surface area contributed by atoms with Crippen molar-refractivity contribution in [1.82, 2.24) is 0 Å². The van der Waals surface area contributed by atoms with Crippen LogP contribution in [0, 0.1) is 53.4 Å². The van der Waals surface area contributed by atoms with Crippen molar-refractivity contribution in [1.29, 1.82) is 0 Å². The maximum atomic E-state index is 9.22. The van der Waals surface area contributed by atoms with Gasteiger partial charge < -0.3 is 0 Å². The normalized spacial score (nSPS) is 21.1. The van der Waals surface area contributed by atoms with Crippen LogP contribution in [-0.2, 0) is 15.6 Å². The van der Waals surface area contributed by atoms with Crippen LogP contribution < -0.4 is 0 Å². The predicted molar refractivity (Wildman–Crippen MR) is 247 cm³/mol. The molecular weight excluding hydrogens is 815 g/mol. The zero-order valence-corrected chi connectivity index (χ0v) is 40.7. The summed E-state index contributed by atoms with van der Waals surface area (Å²) in [5.74, 6) is -0.299. The first-order valence-electron chi connectivity index (χ1n) is 22.2. The molecule has 2 unspecified atom stereocenters. The second-order valence-corrected chi connectivity index (χ2v) is 61.9. The van der Waals surface area contributed by atoms with Crippen LogP contribution in [0.1, 0.15) is 140 Å². The van der Waals surface area contributed by atoms with E-state index in [9.17, 15) is 17.0 Å². The first-order chi connectivity index (χ1) is 26.7. The van der Waals surface area contributed by atoms with Gasteiger partial charge in [-0.25, -0.2) is 0 Å². The Morgan fingerprint density at radius 2 is 0.875 bits per heavy atom. The van der Waals surface area contributed by atoms with E-state index in [4.69, 9.17) is 0 Å². The van der Waals surface area contributed by atoms with Crippen LogP contribution >= 0.6 is 17.0 Å². The van der Waals surface area contributed by atoms with Crippen molar-refractivity contribution in [3.8, 4) is 22.3 Å². The average Bonchev–Trinajstić information content (AvgIpc) is 3.73.